The summed E-state index contributed by atoms with van der Waals surface area (Å²) in [5.41, 5.74) is 2.05. The molecule has 5 nitrogen and oxygen atoms in total. The van der Waals surface area contributed by atoms with E-state index in [1.807, 2.05) is 0 Å². The molecule has 0 unspecified atom stereocenters. The summed E-state index contributed by atoms with van der Waals surface area (Å²) in [6, 6.07) is 5.22. The molecule has 0 aliphatic carbocycles. The van der Waals surface area contributed by atoms with E-state index in [1.54, 1.807) is 22.8 Å². The lowest BCUT2D eigenvalue weighted by atomic mass is 10.1. The fraction of sp³-hybridized carbons (Fsp3) is 0.400. The summed E-state index contributed by atoms with van der Waals surface area (Å²) >= 11 is 0. The van der Waals surface area contributed by atoms with Gasteiger partial charge in [-0.3, -0.25) is 9.59 Å². The number of hydrogen-bond donors (Lipinski definition) is 1. The third kappa shape index (κ3) is 2.87. The number of hydrogen-bond acceptors (Lipinski definition) is 3. The van der Waals surface area contributed by atoms with Crippen molar-refractivity contribution in [3.8, 4) is 0 Å². The maximum atomic E-state index is 11.4. The Labute approximate surface area is 117 Å². The van der Waals surface area contributed by atoms with Crippen molar-refractivity contribution in [3.63, 3.8) is 0 Å². The van der Waals surface area contributed by atoms with E-state index < -0.39 is 5.97 Å². The zero-order chi connectivity index (χ0) is 14.7. The minimum atomic E-state index is -0.891. The van der Waals surface area contributed by atoms with Crippen LogP contribution < -0.4 is 0 Å². The number of carbonyl (C=O) groups is 2. The molecule has 1 aromatic carbocycles. The number of imidazole rings is 1. The van der Waals surface area contributed by atoms with Crippen LogP contribution in [-0.4, -0.2) is 26.4 Å². The fourth-order valence-electron chi connectivity index (χ4n) is 2.24. The Morgan fingerprint density at radius 3 is 2.70 bits per heavy atom. The van der Waals surface area contributed by atoms with E-state index in [0.717, 1.165) is 30.6 Å². The van der Waals surface area contributed by atoms with Crippen molar-refractivity contribution in [1.82, 2.24) is 9.55 Å². The van der Waals surface area contributed by atoms with Crippen LogP contribution in [0.15, 0.2) is 18.2 Å². The second kappa shape index (κ2) is 5.86. The number of benzene rings is 1. The SMILES string of the molecule is CCCCc1nc2cc(C(C)=O)ccc2n1CC(=O)O. The lowest BCUT2D eigenvalue weighted by Gasteiger charge is -2.05. The monoisotopic (exact) mass is 274 g/mol. The highest BCUT2D eigenvalue weighted by atomic mass is 16.4. The molecule has 0 atom stereocenters. The third-order valence-corrected chi connectivity index (χ3v) is 3.28. The Morgan fingerprint density at radius 2 is 2.10 bits per heavy atom. The van der Waals surface area contributed by atoms with E-state index in [-0.39, 0.29) is 12.3 Å². The van der Waals surface area contributed by atoms with Crippen LogP contribution in [0.25, 0.3) is 11.0 Å². The molecule has 0 aliphatic rings. The molecule has 0 saturated heterocycles. The molecular weight excluding hydrogens is 256 g/mol. The predicted molar refractivity (Wildman–Crippen MR) is 76.0 cm³/mol. The highest BCUT2D eigenvalue weighted by Crippen LogP contribution is 2.19. The van der Waals surface area contributed by atoms with Gasteiger partial charge in [-0.25, -0.2) is 4.98 Å². The van der Waals surface area contributed by atoms with Crippen LogP contribution in [0.1, 0.15) is 42.9 Å². The summed E-state index contributed by atoms with van der Waals surface area (Å²) in [5, 5.41) is 9.03. The molecule has 0 fully saturated rings. The molecule has 0 bridgehead atoms. The molecular formula is C15H18N2O3. The van der Waals surface area contributed by atoms with E-state index >= 15 is 0 Å². The average molecular weight is 274 g/mol. The molecule has 1 heterocycles. The van der Waals surface area contributed by atoms with Gasteiger partial charge in [-0.1, -0.05) is 13.3 Å². The third-order valence-electron chi connectivity index (χ3n) is 3.28. The second-order valence-corrected chi connectivity index (χ2v) is 4.87. The molecule has 1 N–H and O–H groups in total. The van der Waals surface area contributed by atoms with Gasteiger partial charge in [0.05, 0.1) is 11.0 Å². The van der Waals surface area contributed by atoms with Gasteiger partial charge in [-0.15, -0.1) is 0 Å². The Balaban J connectivity index is 2.52. The highest BCUT2D eigenvalue weighted by Gasteiger charge is 2.14. The van der Waals surface area contributed by atoms with E-state index in [1.165, 1.54) is 6.92 Å². The summed E-state index contributed by atoms with van der Waals surface area (Å²) in [6.45, 7) is 3.49. The molecule has 0 aliphatic heterocycles. The summed E-state index contributed by atoms with van der Waals surface area (Å²) in [5.74, 6) is -0.141. The largest absolute Gasteiger partial charge is 0.480 e. The lowest BCUT2D eigenvalue weighted by molar-refractivity contribution is -0.137. The number of aliphatic carboxylic acids is 1. The van der Waals surface area contributed by atoms with Gasteiger partial charge in [-0.05, 0) is 31.5 Å². The van der Waals surface area contributed by atoms with Crippen molar-refractivity contribution in [2.45, 2.75) is 39.7 Å². The first-order valence-electron chi connectivity index (χ1n) is 6.74. The maximum Gasteiger partial charge on any atom is 0.323 e. The number of fused-ring (bicyclic) bond motifs is 1. The van der Waals surface area contributed by atoms with E-state index in [4.69, 9.17) is 5.11 Å². The quantitative estimate of drug-likeness (QED) is 0.822. The predicted octanol–water partition coefficient (Wildman–Crippen LogP) is 2.67. The first kappa shape index (κ1) is 14.2. The number of ketones is 1. The Morgan fingerprint density at radius 1 is 1.35 bits per heavy atom. The van der Waals surface area contributed by atoms with Gasteiger partial charge in [0.2, 0.25) is 0 Å². The van der Waals surface area contributed by atoms with Crippen LogP contribution in [0.2, 0.25) is 0 Å². The molecule has 0 saturated carbocycles. The number of carboxylic acid groups (broad SMARTS) is 1. The zero-order valence-electron chi connectivity index (χ0n) is 11.7. The van der Waals surface area contributed by atoms with Crippen LogP contribution in [0, 0.1) is 0 Å². The van der Waals surface area contributed by atoms with Crippen molar-refractivity contribution >= 4 is 22.8 Å². The number of Topliss-reactive ketones (excluding diaryl/α,β-unsaturated/α-hetero) is 1. The van der Waals surface area contributed by atoms with Gasteiger partial charge in [0, 0.05) is 12.0 Å². The minimum Gasteiger partial charge on any atom is -0.480 e. The zero-order valence-corrected chi connectivity index (χ0v) is 11.7. The van der Waals surface area contributed by atoms with Gasteiger partial charge in [0.1, 0.15) is 12.4 Å². The number of nitrogens with zero attached hydrogens (tertiary/aromatic N) is 2. The van der Waals surface area contributed by atoms with Crippen LogP contribution in [-0.2, 0) is 17.8 Å². The van der Waals surface area contributed by atoms with Gasteiger partial charge in [0.25, 0.3) is 0 Å². The van der Waals surface area contributed by atoms with Crippen molar-refractivity contribution in [2.75, 3.05) is 0 Å². The smallest absolute Gasteiger partial charge is 0.323 e. The average Bonchev–Trinajstić information content (AvgIpc) is 2.73. The Kier molecular flexibility index (Phi) is 4.17. The van der Waals surface area contributed by atoms with E-state index in [0.29, 0.717) is 11.1 Å². The van der Waals surface area contributed by atoms with E-state index in [9.17, 15) is 9.59 Å². The first-order chi connectivity index (χ1) is 9.52. The van der Waals surface area contributed by atoms with Gasteiger partial charge in [-0.2, -0.15) is 0 Å². The number of rotatable bonds is 6. The number of aromatic nitrogens is 2. The maximum absolute atomic E-state index is 11.4. The normalized spacial score (nSPS) is 10.9. The van der Waals surface area contributed by atoms with Crippen molar-refractivity contribution in [2.24, 2.45) is 0 Å². The van der Waals surface area contributed by atoms with Crippen LogP contribution in [0.5, 0.6) is 0 Å². The summed E-state index contributed by atoms with van der Waals surface area (Å²) in [7, 11) is 0. The number of carboxylic acids is 1. The molecule has 0 spiro atoms. The van der Waals surface area contributed by atoms with Gasteiger partial charge < -0.3 is 9.67 Å². The molecule has 106 valence electrons. The number of unbranched alkanes of at least 4 members (excludes halogenated alkanes) is 1. The molecule has 20 heavy (non-hydrogen) atoms. The summed E-state index contributed by atoms with van der Waals surface area (Å²) in [4.78, 5) is 26.9. The molecule has 1 aromatic heterocycles. The highest BCUT2D eigenvalue weighted by molar-refractivity contribution is 5.97. The first-order valence-corrected chi connectivity index (χ1v) is 6.74. The van der Waals surface area contributed by atoms with Crippen LogP contribution >= 0.6 is 0 Å². The van der Waals surface area contributed by atoms with Gasteiger partial charge in [0.15, 0.2) is 5.78 Å². The molecule has 2 rings (SSSR count). The van der Waals surface area contributed by atoms with Gasteiger partial charge >= 0.3 is 5.97 Å². The standard InChI is InChI=1S/C15H18N2O3/c1-3-4-5-14-16-12-8-11(10(2)18)6-7-13(12)17(14)9-15(19)20/h6-8H,3-5,9H2,1-2H3,(H,19,20). The molecule has 2 aromatic rings. The lowest BCUT2D eigenvalue weighted by Crippen LogP contribution is -2.12. The van der Waals surface area contributed by atoms with Crippen LogP contribution in [0.4, 0.5) is 0 Å². The van der Waals surface area contributed by atoms with Crippen LogP contribution in [0.3, 0.4) is 0 Å². The molecule has 0 amide bonds. The Bertz CT molecular complexity index is 658. The second-order valence-electron chi connectivity index (χ2n) is 4.87. The van der Waals surface area contributed by atoms with Crippen molar-refractivity contribution < 1.29 is 14.7 Å². The number of carbonyl (C=O) groups excluding carboxylic acids is 1. The molecule has 5 heteroatoms. The minimum absolute atomic E-state index is 0.0187. The van der Waals surface area contributed by atoms with Crippen molar-refractivity contribution in [1.29, 1.82) is 0 Å². The summed E-state index contributed by atoms with van der Waals surface area (Å²) in [6.07, 6.45) is 2.73. The topological polar surface area (TPSA) is 72.2 Å². The number of aryl methyl sites for hydroxylation is 1. The van der Waals surface area contributed by atoms with E-state index in [2.05, 4.69) is 11.9 Å². The van der Waals surface area contributed by atoms with Crippen molar-refractivity contribution in [3.05, 3.63) is 29.6 Å². The Hall–Kier alpha value is -2.17. The molecule has 0 radical (unpaired) electrons. The fourth-order valence-corrected chi connectivity index (χ4v) is 2.24. The summed E-state index contributed by atoms with van der Waals surface area (Å²) < 4.78 is 1.72.